The van der Waals surface area contributed by atoms with Gasteiger partial charge in [0.05, 0.1) is 20.3 Å². The summed E-state index contributed by atoms with van der Waals surface area (Å²) < 4.78 is 10.2. The van der Waals surface area contributed by atoms with Crippen LogP contribution in [-0.4, -0.2) is 31.0 Å². The zero-order valence-corrected chi connectivity index (χ0v) is 13.6. The van der Waals surface area contributed by atoms with Gasteiger partial charge < -0.3 is 19.9 Å². The van der Waals surface area contributed by atoms with Gasteiger partial charge in [-0.1, -0.05) is 18.2 Å². The maximum atomic E-state index is 12.5. The number of hydrogen-bond acceptors (Lipinski definition) is 5. The van der Waals surface area contributed by atoms with Crippen molar-refractivity contribution in [3.63, 3.8) is 0 Å². The standard InChI is InChI=1S/C17H17NO4S/c1-21-13-7-10(8-14(22-2)16(13)19)17(20)18-12-9-23-15-6-4-3-5-11(12)15/h3-8,12,19H,9H2,1-2H3,(H,18,20). The van der Waals surface area contributed by atoms with Gasteiger partial charge in [-0.25, -0.2) is 0 Å². The number of phenols is 1. The predicted molar refractivity (Wildman–Crippen MR) is 88.6 cm³/mol. The molecule has 23 heavy (non-hydrogen) atoms. The largest absolute Gasteiger partial charge is 0.502 e. The van der Waals surface area contributed by atoms with E-state index in [4.69, 9.17) is 9.47 Å². The van der Waals surface area contributed by atoms with Gasteiger partial charge in [0.2, 0.25) is 5.75 Å². The van der Waals surface area contributed by atoms with E-state index in [9.17, 15) is 9.90 Å². The predicted octanol–water partition coefficient (Wildman–Crippen LogP) is 2.99. The number of amides is 1. The number of nitrogens with one attached hydrogen (secondary N) is 1. The molecule has 1 atom stereocenters. The molecule has 6 heteroatoms. The first kappa shape index (κ1) is 15.6. The molecule has 2 aromatic carbocycles. The highest BCUT2D eigenvalue weighted by Gasteiger charge is 2.25. The molecule has 120 valence electrons. The second-order valence-corrected chi connectivity index (χ2v) is 6.17. The Kier molecular flexibility index (Phi) is 4.34. The van der Waals surface area contributed by atoms with Gasteiger partial charge >= 0.3 is 0 Å². The molecular weight excluding hydrogens is 314 g/mol. The zero-order chi connectivity index (χ0) is 16.4. The van der Waals surface area contributed by atoms with Crippen molar-refractivity contribution in [3.8, 4) is 17.2 Å². The molecule has 1 amide bonds. The quantitative estimate of drug-likeness (QED) is 0.901. The molecule has 3 rings (SSSR count). The molecule has 0 saturated carbocycles. The number of methoxy groups -OCH3 is 2. The third-order valence-corrected chi connectivity index (χ3v) is 4.93. The fourth-order valence-corrected chi connectivity index (χ4v) is 3.71. The van der Waals surface area contributed by atoms with Crippen molar-refractivity contribution in [1.82, 2.24) is 5.32 Å². The molecular formula is C17H17NO4S. The number of rotatable bonds is 4. The van der Waals surface area contributed by atoms with Crippen LogP contribution in [0, 0.1) is 0 Å². The Morgan fingerprint density at radius 2 is 1.87 bits per heavy atom. The molecule has 0 aromatic heterocycles. The van der Waals surface area contributed by atoms with Crippen LogP contribution in [0.1, 0.15) is 22.0 Å². The van der Waals surface area contributed by atoms with Crippen LogP contribution in [0.15, 0.2) is 41.3 Å². The molecule has 1 aliphatic heterocycles. The van der Waals surface area contributed by atoms with Crippen LogP contribution in [0.3, 0.4) is 0 Å². The highest BCUT2D eigenvalue weighted by molar-refractivity contribution is 7.99. The van der Waals surface area contributed by atoms with Crippen LogP contribution in [0.5, 0.6) is 17.2 Å². The minimum absolute atomic E-state index is 0.0329. The first-order valence-corrected chi connectivity index (χ1v) is 8.10. The van der Waals surface area contributed by atoms with Gasteiger partial charge in [0.25, 0.3) is 5.91 Å². The van der Waals surface area contributed by atoms with Crippen molar-refractivity contribution in [2.24, 2.45) is 0 Å². The molecule has 0 fully saturated rings. The molecule has 0 radical (unpaired) electrons. The van der Waals surface area contributed by atoms with Gasteiger partial charge in [-0.15, -0.1) is 11.8 Å². The lowest BCUT2D eigenvalue weighted by Gasteiger charge is -2.15. The van der Waals surface area contributed by atoms with Crippen LogP contribution >= 0.6 is 11.8 Å². The zero-order valence-electron chi connectivity index (χ0n) is 12.8. The van der Waals surface area contributed by atoms with E-state index >= 15 is 0 Å². The fourth-order valence-electron chi connectivity index (χ4n) is 2.55. The Hall–Kier alpha value is -2.34. The second-order valence-electron chi connectivity index (χ2n) is 5.10. The number of ether oxygens (including phenoxy) is 2. The maximum Gasteiger partial charge on any atom is 0.252 e. The van der Waals surface area contributed by atoms with Crippen molar-refractivity contribution in [2.75, 3.05) is 20.0 Å². The minimum atomic E-state index is -0.232. The monoisotopic (exact) mass is 331 g/mol. The summed E-state index contributed by atoms with van der Waals surface area (Å²) in [5, 5.41) is 12.9. The number of carbonyl (C=O) groups excluding carboxylic acids is 1. The number of fused-ring (bicyclic) bond motifs is 1. The summed E-state index contributed by atoms with van der Waals surface area (Å²) in [6.45, 7) is 0. The van der Waals surface area contributed by atoms with E-state index in [2.05, 4.69) is 11.4 Å². The van der Waals surface area contributed by atoms with Gasteiger partial charge in [-0.05, 0) is 23.8 Å². The van der Waals surface area contributed by atoms with Crippen LogP contribution in [0.2, 0.25) is 0 Å². The molecule has 2 N–H and O–H groups in total. The summed E-state index contributed by atoms with van der Waals surface area (Å²) >= 11 is 1.73. The van der Waals surface area contributed by atoms with Gasteiger partial charge in [-0.3, -0.25) is 4.79 Å². The summed E-state index contributed by atoms with van der Waals surface area (Å²) in [7, 11) is 2.86. The van der Waals surface area contributed by atoms with E-state index in [0.29, 0.717) is 5.56 Å². The highest BCUT2D eigenvalue weighted by Crippen LogP contribution is 2.39. The number of phenolic OH excluding ortho intramolecular Hbond substituents is 1. The highest BCUT2D eigenvalue weighted by atomic mass is 32.2. The minimum Gasteiger partial charge on any atom is -0.502 e. The first-order valence-electron chi connectivity index (χ1n) is 7.11. The van der Waals surface area contributed by atoms with E-state index in [1.165, 1.54) is 31.2 Å². The van der Waals surface area contributed by atoms with Crippen molar-refractivity contribution in [1.29, 1.82) is 0 Å². The topological polar surface area (TPSA) is 67.8 Å². The Bertz CT molecular complexity index is 722. The lowest BCUT2D eigenvalue weighted by Crippen LogP contribution is -2.28. The molecule has 0 bridgehead atoms. The maximum absolute atomic E-state index is 12.5. The lowest BCUT2D eigenvalue weighted by molar-refractivity contribution is 0.0940. The smallest absolute Gasteiger partial charge is 0.252 e. The molecule has 1 unspecified atom stereocenters. The van der Waals surface area contributed by atoms with Gasteiger partial charge in [-0.2, -0.15) is 0 Å². The molecule has 0 aliphatic carbocycles. The Morgan fingerprint density at radius 3 is 2.52 bits per heavy atom. The van der Waals surface area contributed by atoms with Gasteiger partial charge in [0.15, 0.2) is 11.5 Å². The van der Waals surface area contributed by atoms with Gasteiger partial charge in [0.1, 0.15) is 0 Å². The summed E-state index contributed by atoms with van der Waals surface area (Å²) in [5.41, 5.74) is 1.51. The number of benzene rings is 2. The Morgan fingerprint density at radius 1 is 1.22 bits per heavy atom. The van der Waals surface area contributed by atoms with Crippen LogP contribution in [0.4, 0.5) is 0 Å². The molecule has 1 aliphatic rings. The average molecular weight is 331 g/mol. The number of thioether (sulfide) groups is 1. The van der Waals surface area contributed by atoms with E-state index in [1.807, 2.05) is 18.2 Å². The molecule has 1 heterocycles. The summed E-state index contributed by atoms with van der Waals surface area (Å²) in [5.74, 6) is 0.862. The number of hydrogen-bond donors (Lipinski definition) is 2. The van der Waals surface area contributed by atoms with E-state index in [0.717, 1.165) is 11.3 Å². The number of aromatic hydroxyl groups is 1. The molecule has 0 saturated heterocycles. The normalized spacial score (nSPS) is 15.8. The Balaban J connectivity index is 1.84. The SMILES string of the molecule is COc1cc(C(=O)NC2CSc3ccccc32)cc(OC)c1O. The second kappa shape index (κ2) is 6.42. The van der Waals surface area contributed by atoms with Crippen LogP contribution < -0.4 is 14.8 Å². The molecule has 2 aromatic rings. The summed E-state index contributed by atoms with van der Waals surface area (Å²) in [4.78, 5) is 13.7. The Labute approximate surface area is 138 Å². The third kappa shape index (κ3) is 2.94. The summed E-state index contributed by atoms with van der Waals surface area (Å²) in [6, 6.07) is 11.0. The van der Waals surface area contributed by atoms with Gasteiger partial charge in [0, 0.05) is 16.2 Å². The van der Waals surface area contributed by atoms with Crippen molar-refractivity contribution >= 4 is 17.7 Å². The molecule has 5 nitrogen and oxygen atoms in total. The van der Waals surface area contributed by atoms with Crippen LogP contribution in [-0.2, 0) is 0 Å². The fraction of sp³-hybridized carbons (Fsp3) is 0.235. The molecule has 0 spiro atoms. The van der Waals surface area contributed by atoms with E-state index in [1.54, 1.807) is 11.8 Å². The first-order chi connectivity index (χ1) is 11.1. The van der Waals surface area contributed by atoms with Crippen LogP contribution in [0.25, 0.3) is 0 Å². The van der Waals surface area contributed by atoms with Crippen molar-refractivity contribution in [3.05, 3.63) is 47.5 Å². The van der Waals surface area contributed by atoms with Crippen molar-refractivity contribution in [2.45, 2.75) is 10.9 Å². The van der Waals surface area contributed by atoms with E-state index in [-0.39, 0.29) is 29.2 Å². The number of carbonyl (C=O) groups is 1. The van der Waals surface area contributed by atoms with E-state index < -0.39 is 0 Å². The third-order valence-electron chi connectivity index (χ3n) is 3.75. The average Bonchev–Trinajstić information content (AvgIpc) is 2.98. The lowest BCUT2D eigenvalue weighted by atomic mass is 10.1. The summed E-state index contributed by atoms with van der Waals surface area (Å²) in [6.07, 6.45) is 0. The van der Waals surface area contributed by atoms with Crippen molar-refractivity contribution < 1.29 is 19.4 Å².